The first kappa shape index (κ1) is 18.0. The summed E-state index contributed by atoms with van der Waals surface area (Å²) in [7, 11) is 0. The monoisotopic (exact) mass is 382 g/mol. The lowest BCUT2D eigenvalue weighted by Gasteiger charge is -2.03. The molecule has 0 aliphatic heterocycles. The Morgan fingerprint density at radius 2 is 1.04 bits per heavy atom. The number of carbonyl (C=O) groups excluding carboxylic acids is 2. The maximum atomic E-state index is 12.1. The van der Waals surface area contributed by atoms with Gasteiger partial charge in [-0.15, -0.1) is 0 Å². The molecule has 0 heterocycles. The van der Waals surface area contributed by atoms with Gasteiger partial charge in [-0.25, -0.2) is 9.98 Å². The van der Waals surface area contributed by atoms with Crippen LogP contribution in [0, 0.1) is 0 Å². The molecule has 2 aromatic carbocycles. The van der Waals surface area contributed by atoms with Crippen LogP contribution in [-0.2, 0) is 0 Å². The van der Waals surface area contributed by atoms with E-state index in [9.17, 15) is 9.59 Å². The minimum Gasteiger partial charge on any atom is -0.267 e. The van der Waals surface area contributed by atoms with Gasteiger partial charge in [-0.05, 0) is 60.7 Å². The first-order chi connectivity index (χ1) is 12.5. The zero-order valence-corrected chi connectivity index (χ0v) is 14.9. The SMILES string of the molecule is O=C(N=C1C=CC(=NC(=O)c2cccc(Cl)c2)C=C1)c1cccc(Cl)c1. The third kappa shape index (κ3) is 4.63. The van der Waals surface area contributed by atoms with Crippen molar-refractivity contribution in [2.24, 2.45) is 9.98 Å². The average Bonchev–Trinajstić information content (AvgIpc) is 2.63. The van der Waals surface area contributed by atoms with Crippen molar-refractivity contribution in [3.63, 3.8) is 0 Å². The molecule has 0 fully saturated rings. The van der Waals surface area contributed by atoms with Gasteiger partial charge in [-0.3, -0.25) is 9.59 Å². The standard InChI is InChI=1S/C20H12Cl2N2O2/c21-15-5-1-3-13(11-15)19(25)23-17-7-9-18(10-8-17)24-20(26)14-4-2-6-16(22)12-14/h1-12H. The summed E-state index contributed by atoms with van der Waals surface area (Å²) in [6, 6.07) is 13.2. The molecule has 0 saturated carbocycles. The molecule has 1 aliphatic rings. The van der Waals surface area contributed by atoms with E-state index in [1.807, 2.05) is 0 Å². The van der Waals surface area contributed by atoms with Crippen LogP contribution < -0.4 is 0 Å². The third-order valence-electron chi connectivity index (χ3n) is 3.45. The highest BCUT2D eigenvalue weighted by atomic mass is 35.5. The molecule has 4 nitrogen and oxygen atoms in total. The van der Waals surface area contributed by atoms with E-state index in [1.165, 1.54) is 0 Å². The Bertz CT molecular complexity index is 907. The zero-order chi connectivity index (χ0) is 18.5. The van der Waals surface area contributed by atoms with Crippen LogP contribution in [0.1, 0.15) is 20.7 Å². The smallest absolute Gasteiger partial charge is 0.267 e. The van der Waals surface area contributed by atoms with E-state index in [0.717, 1.165) is 0 Å². The summed E-state index contributed by atoms with van der Waals surface area (Å²) in [4.78, 5) is 32.3. The molecule has 0 atom stereocenters. The molecule has 2 amide bonds. The Morgan fingerprint density at radius 3 is 1.38 bits per heavy atom. The van der Waals surface area contributed by atoms with Crippen LogP contribution in [0.5, 0.6) is 0 Å². The summed E-state index contributed by atoms with van der Waals surface area (Å²) in [6.45, 7) is 0. The van der Waals surface area contributed by atoms with Gasteiger partial charge in [0, 0.05) is 21.2 Å². The van der Waals surface area contributed by atoms with Crippen molar-refractivity contribution in [3.8, 4) is 0 Å². The molecule has 0 radical (unpaired) electrons. The minimum absolute atomic E-state index is 0.396. The predicted molar refractivity (Wildman–Crippen MR) is 105 cm³/mol. The van der Waals surface area contributed by atoms with Crippen LogP contribution in [-0.4, -0.2) is 23.2 Å². The number of benzene rings is 2. The number of halogens is 2. The Labute approximate surface area is 160 Å². The molecule has 2 aromatic rings. The number of carbonyl (C=O) groups is 2. The van der Waals surface area contributed by atoms with Crippen molar-refractivity contribution in [3.05, 3.63) is 94.0 Å². The van der Waals surface area contributed by atoms with Gasteiger partial charge in [0.15, 0.2) is 0 Å². The second kappa shape index (κ2) is 8.04. The Morgan fingerprint density at radius 1 is 0.654 bits per heavy atom. The van der Waals surface area contributed by atoms with Gasteiger partial charge in [-0.2, -0.15) is 0 Å². The second-order valence-electron chi connectivity index (χ2n) is 5.37. The fraction of sp³-hybridized carbons (Fsp3) is 0. The van der Waals surface area contributed by atoms with E-state index in [1.54, 1.807) is 72.8 Å². The van der Waals surface area contributed by atoms with Crippen LogP contribution in [0.3, 0.4) is 0 Å². The van der Waals surface area contributed by atoms with Crippen molar-refractivity contribution in [2.75, 3.05) is 0 Å². The fourth-order valence-corrected chi connectivity index (χ4v) is 2.59. The highest BCUT2D eigenvalue weighted by Crippen LogP contribution is 2.13. The highest BCUT2D eigenvalue weighted by Gasteiger charge is 2.09. The molecule has 128 valence electrons. The van der Waals surface area contributed by atoms with E-state index in [-0.39, 0.29) is 0 Å². The van der Waals surface area contributed by atoms with Crippen molar-refractivity contribution in [2.45, 2.75) is 0 Å². The molecular formula is C20H12Cl2N2O2. The highest BCUT2D eigenvalue weighted by molar-refractivity contribution is 6.31. The molecule has 0 N–H and O–H groups in total. The lowest BCUT2D eigenvalue weighted by molar-refractivity contribution is 0.0994. The average molecular weight is 383 g/mol. The first-order valence-corrected chi connectivity index (χ1v) is 8.40. The quantitative estimate of drug-likeness (QED) is 0.687. The number of hydrogen-bond donors (Lipinski definition) is 0. The lowest BCUT2D eigenvalue weighted by Crippen LogP contribution is -2.06. The van der Waals surface area contributed by atoms with E-state index in [0.29, 0.717) is 32.6 Å². The number of amides is 2. The van der Waals surface area contributed by atoms with Crippen LogP contribution in [0.2, 0.25) is 10.0 Å². The molecule has 0 aromatic heterocycles. The largest absolute Gasteiger partial charge is 0.277 e. The topological polar surface area (TPSA) is 58.9 Å². The normalized spacial score (nSPS) is 12.8. The molecule has 0 bridgehead atoms. The molecule has 6 heteroatoms. The van der Waals surface area contributed by atoms with E-state index < -0.39 is 11.8 Å². The number of hydrogen-bond acceptors (Lipinski definition) is 2. The summed E-state index contributed by atoms with van der Waals surface area (Å²) in [5.41, 5.74) is 1.73. The number of aliphatic imine (C=N–C) groups is 2. The van der Waals surface area contributed by atoms with Gasteiger partial charge in [0.05, 0.1) is 11.4 Å². The molecule has 3 rings (SSSR count). The van der Waals surface area contributed by atoms with Gasteiger partial charge in [-0.1, -0.05) is 35.3 Å². The summed E-state index contributed by atoms with van der Waals surface area (Å²) >= 11 is 11.7. The van der Waals surface area contributed by atoms with Gasteiger partial charge in [0.1, 0.15) is 0 Å². The van der Waals surface area contributed by atoms with Crippen LogP contribution in [0.25, 0.3) is 0 Å². The maximum Gasteiger partial charge on any atom is 0.277 e. The summed E-state index contributed by atoms with van der Waals surface area (Å²) in [5.74, 6) is -0.792. The zero-order valence-electron chi connectivity index (χ0n) is 13.4. The minimum atomic E-state index is -0.396. The molecular weight excluding hydrogens is 371 g/mol. The van der Waals surface area contributed by atoms with E-state index >= 15 is 0 Å². The third-order valence-corrected chi connectivity index (χ3v) is 3.92. The lowest BCUT2D eigenvalue weighted by atomic mass is 10.1. The van der Waals surface area contributed by atoms with Gasteiger partial charge in [0.25, 0.3) is 11.8 Å². The summed E-state index contributed by atoms with van der Waals surface area (Å²) in [6.07, 6.45) is 6.47. The Balaban J connectivity index is 1.73. The van der Waals surface area contributed by atoms with Gasteiger partial charge >= 0.3 is 0 Å². The Kier molecular flexibility index (Phi) is 5.56. The van der Waals surface area contributed by atoms with Crippen molar-refractivity contribution in [1.29, 1.82) is 0 Å². The van der Waals surface area contributed by atoms with E-state index in [2.05, 4.69) is 9.98 Å². The summed E-state index contributed by atoms with van der Waals surface area (Å²) < 4.78 is 0. The van der Waals surface area contributed by atoms with Crippen LogP contribution in [0.4, 0.5) is 0 Å². The van der Waals surface area contributed by atoms with Crippen molar-refractivity contribution < 1.29 is 9.59 Å². The van der Waals surface area contributed by atoms with Gasteiger partial charge in [0.2, 0.25) is 0 Å². The van der Waals surface area contributed by atoms with Crippen LogP contribution >= 0.6 is 23.2 Å². The first-order valence-electron chi connectivity index (χ1n) is 7.64. The molecule has 0 saturated heterocycles. The maximum absolute atomic E-state index is 12.1. The fourth-order valence-electron chi connectivity index (χ4n) is 2.21. The predicted octanol–water partition coefficient (Wildman–Crippen LogP) is 4.98. The molecule has 0 spiro atoms. The van der Waals surface area contributed by atoms with Gasteiger partial charge < -0.3 is 0 Å². The van der Waals surface area contributed by atoms with Crippen LogP contribution in [0.15, 0.2) is 82.8 Å². The second-order valence-corrected chi connectivity index (χ2v) is 6.24. The van der Waals surface area contributed by atoms with Crippen molar-refractivity contribution in [1.82, 2.24) is 0 Å². The van der Waals surface area contributed by atoms with E-state index in [4.69, 9.17) is 23.2 Å². The summed E-state index contributed by atoms with van der Waals surface area (Å²) in [5, 5.41) is 0.944. The molecule has 0 unspecified atom stereocenters. The molecule has 26 heavy (non-hydrogen) atoms. The number of nitrogens with zero attached hydrogens (tertiary/aromatic N) is 2. The Hall–Kier alpha value is -2.82. The number of rotatable bonds is 2. The molecule has 1 aliphatic carbocycles. The number of allylic oxidation sites excluding steroid dienone is 4. The van der Waals surface area contributed by atoms with Crippen molar-refractivity contribution >= 4 is 46.4 Å².